The van der Waals surface area contributed by atoms with Crippen LogP contribution in [0.15, 0.2) is 42.6 Å². The minimum atomic E-state index is -1.27. The maximum absolute atomic E-state index is 13.5. The zero-order chi connectivity index (χ0) is 29.5. The third-order valence-electron chi connectivity index (χ3n) is 7.79. The molecule has 1 aromatic carbocycles. The molecular weight excluding hydrogens is 562 g/mol. The summed E-state index contributed by atoms with van der Waals surface area (Å²) in [5.74, 6) is -1.77. The number of ketones is 1. The summed E-state index contributed by atoms with van der Waals surface area (Å²) in [6.45, 7) is 3.31. The molecule has 42 heavy (non-hydrogen) atoms. The number of nitrogens with two attached hydrogens (primary N) is 2. The second-order valence-corrected chi connectivity index (χ2v) is 10.8. The van der Waals surface area contributed by atoms with Crippen molar-refractivity contribution in [3.8, 4) is 0 Å². The monoisotopic (exact) mass is 601 g/mol. The summed E-state index contributed by atoms with van der Waals surface area (Å²) < 4.78 is 8.04. The molecule has 2 aromatic rings. The standard InChI is InChI=1S/C30H39N5O6.ClH/c1-18(41-17-20-6-4-19(5-7-20)3-2-12-31)24(8-9-26(32)36)33-29(38)22-15-21-10-13-35-14-11-25(34-30(39)40)28(37)23(16-22)27(21)35;/h4-7,10,13,16,18,22,24-25,34H,2-3,8-9,11-12,14-15,17,31H2,1H3,(H2,32,36)(H,33,38)(H,39,40);1H/t18?,22-,24?,25-;/m0./s1. The van der Waals surface area contributed by atoms with Crippen molar-refractivity contribution in [1.82, 2.24) is 15.2 Å². The van der Waals surface area contributed by atoms with E-state index in [-0.39, 0.29) is 30.5 Å². The highest BCUT2D eigenvalue weighted by Crippen LogP contribution is 2.34. The zero-order valence-electron chi connectivity index (χ0n) is 23.7. The Morgan fingerprint density at radius 1 is 1.17 bits per heavy atom. The molecule has 3 amide bonds. The van der Waals surface area contributed by atoms with Gasteiger partial charge in [-0.05, 0) is 68.3 Å². The first-order chi connectivity index (χ1) is 19.7. The Morgan fingerprint density at radius 2 is 1.88 bits per heavy atom. The van der Waals surface area contributed by atoms with Crippen LogP contribution in [0.5, 0.6) is 0 Å². The summed E-state index contributed by atoms with van der Waals surface area (Å²) in [4.78, 5) is 49.7. The molecule has 4 atom stereocenters. The second-order valence-electron chi connectivity index (χ2n) is 10.8. The molecule has 1 aliphatic carbocycles. The van der Waals surface area contributed by atoms with Crippen LogP contribution >= 0.6 is 12.4 Å². The first kappa shape index (κ1) is 32.8. The number of hydrogen-bond acceptors (Lipinski definition) is 6. The summed E-state index contributed by atoms with van der Waals surface area (Å²) in [7, 11) is 0. The van der Waals surface area contributed by atoms with Gasteiger partial charge >= 0.3 is 6.09 Å². The van der Waals surface area contributed by atoms with Crippen LogP contribution in [0.25, 0.3) is 5.57 Å². The number of carboxylic acid groups (broad SMARTS) is 1. The number of aromatic nitrogens is 1. The number of halogens is 1. The number of aryl methyl sites for hydroxylation is 2. The van der Waals surface area contributed by atoms with Crippen molar-refractivity contribution in [2.45, 2.75) is 76.8 Å². The van der Waals surface area contributed by atoms with Gasteiger partial charge in [0.1, 0.15) is 0 Å². The predicted molar refractivity (Wildman–Crippen MR) is 160 cm³/mol. The average Bonchev–Trinajstić information content (AvgIpc) is 3.31. The fourth-order valence-electron chi connectivity index (χ4n) is 5.48. The number of nitrogens with one attached hydrogen (secondary N) is 2. The smallest absolute Gasteiger partial charge is 0.405 e. The van der Waals surface area contributed by atoms with E-state index in [1.54, 1.807) is 6.08 Å². The Bertz CT molecular complexity index is 1310. The van der Waals surface area contributed by atoms with E-state index in [9.17, 15) is 24.3 Å². The summed E-state index contributed by atoms with van der Waals surface area (Å²) >= 11 is 0. The van der Waals surface area contributed by atoms with Crippen LogP contribution in [0.2, 0.25) is 0 Å². The molecule has 0 fully saturated rings. The minimum absolute atomic E-state index is 0. The molecule has 2 unspecified atom stereocenters. The lowest BCUT2D eigenvalue weighted by Gasteiger charge is -2.28. The number of Topliss-reactive ketones (excluding diaryl/α,β-unsaturated/α-hetero) is 1. The van der Waals surface area contributed by atoms with Gasteiger partial charge in [0.2, 0.25) is 11.8 Å². The zero-order valence-corrected chi connectivity index (χ0v) is 24.5. The number of amides is 3. The van der Waals surface area contributed by atoms with Crippen molar-refractivity contribution in [2.75, 3.05) is 6.54 Å². The quantitative estimate of drug-likeness (QED) is 0.234. The number of carbonyl (C=O) groups excluding carboxylic acids is 3. The van der Waals surface area contributed by atoms with Gasteiger partial charge in [-0.3, -0.25) is 14.4 Å². The lowest BCUT2D eigenvalue weighted by Crippen LogP contribution is -2.46. The molecule has 0 saturated carbocycles. The lowest BCUT2D eigenvalue weighted by atomic mass is 9.85. The van der Waals surface area contributed by atoms with E-state index >= 15 is 0 Å². The van der Waals surface area contributed by atoms with Crippen molar-refractivity contribution in [3.63, 3.8) is 0 Å². The minimum Gasteiger partial charge on any atom is -0.465 e. The fourth-order valence-corrected chi connectivity index (χ4v) is 5.48. The molecule has 2 aliphatic rings. The molecule has 0 radical (unpaired) electrons. The van der Waals surface area contributed by atoms with Crippen molar-refractivity contribution >= 4 is 41.7 Å². The number of carbonyl (C=O) groups is 4. The van der Waals surface area contributed by atoms with Crippen molar-refractivity contribution < 1.29 is 29.0 Å². The summed E-state index contributed by atoms with van der Waals surface area (Å²) in [6, 6.07) is 8.63. The van der Waals surface area contributed by atoms with Gasteiger partial charge < -0.3 is 36.5 Å². The van der Waals surface area contributed by atoms with Gasteiger partial charge in [0.05, 0.1) is 36.4 Å². The summed E-state index contributed by atoms with van der Waals surface area (Å²) in [5, 5.41) is 14.5. The van der Waals surface area contributed by atoms with Gasteiger partial charge in [-0.1, -0.05) is 30.3 Å². The largest absolute Gasteiger partial charge is 0.465 e. The fraction of sp³-hybridized carbons (Fsp3) is 0.467. The van der Waals surface area contributed by atoms with E-state index in [1.807, 2.05) is 35.9 Å². The number of hydrogen-bond donors (Lipinski definition) is 5. The van der Waals surface area contributed by atoms with Gasteiger partial charge in [0.25, 0.3) is 0 Å². The molecule has 2 heterocycles. The van der Waals surface area contributed by atoms with Crippen LogP contribution in [0.3, 0.4) is 0 Å². The number of ether oxygens (including phenoxy) is 1. The SMILES string of the molecule is CC(OCc1ccc(CCCN)cc1)C(CCC(N)=O)NC(=O)[C@@H]1C=C2C(=O)[C@@H](NC(=O)O)CCn3ccc(c32)C1.Cl. The van der Waals surface area contributed by atoms with Crippen LogP contribution in [0, 0.1) is 5.92 Å². The Morgan fingerprint density at radius 3 is 2.55 bits per heavy atom. The van der Waals surface area contributed by atoms with E-state index in [4.69, 9.17) is 16.2 Å². The van der Waals surface area contributed by atoms with E-state index < -0.39 is 36.1 Å². The van der Waals surface area contributed by atoms with Crippen LogP contribution in [-0.4, -0.2) is 58.1 Å². The highest BCUT2D eigenvalue weighted by Gasteiger charge is 2.36. The molecule has 0 saturated heterocycles. The molecule has 7 N–H and O–H groups in total. The van der Waals surface area contributed by atoms with Gasteiger partial charge in [0.15, 0.2) is 5.78 Å². The summed E-state index contributed by atoms with van der Waals surface area (Å²) in [5.41, 5.74) is 15.1. The maximum atomic E-state index is 13.5. The average molecular weight is 602 g/mol. The first-order valence-corrected chi connectivity index (χ1v) is 14.1. The number of benzene rings is 1. The second kappa shape index (κ2) is 15.0. The highest BCUT2D eigenvalue weighted by atomic mass is 35.5. The van der Waals surface area contributed by atoms with Gasteiger partial charge in [-0.25, -0.2) is 4.79 Å². The molecule has 11 nitrogen and oxygen atoms in total. The Kier molecular flexibility index (Phi) is 11.7. The molecule has 12 heteroatoms. The van der Waals surface area contributed by atoms with Gasteiger partial charge in [0, 0.05) is 24.7 Å². The highest BCUT2D eigenvalue weighted by molar-refractivity contribution is 6.24. The third kappa shape index (κ3) is 8.21. The van der Waals surface area contributed by atoms with E-state index in [0.29, 0.717) is 44.5 Å². The molecular formula is C30H40ClN5O6. The van der Waals surface area contributed by atoms with Gasteiger partial charge in [-0.2, -0.15) is 0 Å². The molecule has 4 rings (SSSR count). The number of nitrogens with zero attached hydrogens (tertiary/aromatic N) is 1. The normalized spacial score (nSPS) is 18.9. The maximum Gasteiger partial charge on any atom is 0.405 e. The summed E-state index contributed by atoms with van der Waals surface area (Å²) in [6.07, 6.45) is 4.75. The lowest BCUT2D eigenvalue weighted by molar-refractivity contribution is -0.126. The van der Waals surface area contributed by atoms with E-state index in [1.165, 1.54) is 5.56 Å². The van der Waals surface area contributed by atoms with Crippen molar-refractivity contribution in [3.05, 3.63) is 65.0 Å². The van der Waals surface area contributed by atoms with E-state index in [0.717, 1.165) is 29.7 Å². The van der Waals surface area contributed by atoms with Crippen molar-refractivity contribution in [1.29, 1.82) is 0 Å². The molecule has 0 bridgehead atoms. The van der Waals surface area contributed by atoms with Crippen LogP contribution in [0.1, 0.15) is 55.0 Å². The van der Waals surface area contributed by atoms with Crippen LogP contribution in [0.4, 0.5) is 4.79 Å². The Balaban J connectivity index is 0.00000484. The predicted octanol–water partition coefficient (Wildman–Crippen LogP) is 2.32. The van der Waals surface area contributed by atoms with E-state index in [2.05, 4.69) is 22.8 Å². The third-order valence-corrected chi connectivity index (χ3v) is 7.79. The van der Waals surface area contributed by atoms with Gasteiger partial charge in [-0.15, -0.1) is 12.4 Å². The number of primary amides is 1. The van der Waals surface area contributed by atoms with Crippen LogP contribution < -0.4 is 22.1 Å². The Hall–Kier alpha value is -3.67. The Labute approximate surface area is 251 Å². The molecule has 1 aliphatic heterocycles. The topological polar surface area (TPSA) is 179 Å². The molecule has 0 spiro atoms. The van der Waals surface area contributed by atoms with Crippen molar-refractivity contribution in [2.24, 2.45) is 17.4 Å². The van der Waals surface area contributed by atoms with Crippen LogP contribution in [-0.2, 0) is 45.1 Å². The first-order valence-electron chi connectivity index (χ1n) is 14.1. The molecule has 1 aromatic heterocycles. The molecule has 228 valence electrons. The number of rotatable bonds is 13.